The molecule has 0 heterocycles. The van der Waals surface area contributed by atoms with E-state index in [1.165, 1.54) is 0 Å². The van der Waals surface area contributed by atoms with Crippen LogP contribution < -0.4 is 4.90 Å². The molecular formula is C25H18N2. The van der Waals surface area contributed by atoms with Gasteiger partial charge in [0.1, 0.15) is 0 Å². The number of nitriles is 1. The van der Waals surface area contributed by atoms with Crippen molar-refractivity contribution in [1.29, 1.82) is 5.26 Å². The van der Waals surface area contributed by atoms with E-state index in [1.54, 1.807) is 0 Å². The Bertz CT molecular complexity index is 1020. The molecule has 0 aliphatic rings. The van der Waals surface area contributed by atoms with E-state index < -0.39 is 0 Å². The summed E-state index contributed by atoms with van der Waals surface area (Å²) in [5, 5.41) is 9.01. The third-order valence-corrected chi connectivity index (χ3v) is 4.48. The summed E-state index contributed by atoms with van der Waals surface area (Å²) in [4.78, 5) is 2.24. The predicted molar refractivity (Wildman–Crippen MR) is 111 cm³/mol. The highest BCUT2D eigenvalue weighted by atomic mass is 15.1. The average molecular weight is 346 g/mol. The smallest absolute Gasteiger partial charge is 0.0991 e. The monoisotopic (exact) mass is 346 g/mol. The molecule has 4 aromatic rings. The van der Waals surface area contributed by atoms with Crippen LogP contribution in [-0.2, 0) is 0 Å². The molecule has 4 aromatic carbocycles. The Morgan fingerprint density at radius 1 is 0.519 bits per heavy atom. The Morgan fingerprint density at radius 2 is 1.07 bits per heavy atom. The molecule has 0 bridgehead atoms. The topological polar surface area (TPSA) is 27.0 Å². The highest BCUT2D eigenvalue weighted by Crippen LogP contribution is 2.36. The number of nitrogens with zero attached hydrogens (tertiary/aromatic N) is 2. The second kappa shape index (κ2) is 7.59. The highest BCUT2D eigenvalue weighted by Gasteiger charge is 2.12. The van der Waals surface area contributed by atoms with Gasteiger partial charge in [0.15, 0.2) is 0 Å². The Kier molecular flexibility index (Phi) is 4.68. The van der Waals surface area contributed by atoms with Crippen molar-refractivity contribution >= 4 is 17.1 Å². The largest absolute Gasteiger partial charge is 0.310 e. The van der Waals surface area contributed by atoms with Crippen LogP contribution in [0.15, 0.2) is 109 Å². The van der Waals surface area contributed by atoms with Crippen LogP contribution >= 0.6 is 0 Å². The van der Waals surface area contributed by atoms with Crippen LogP contribution in [0.3, 0.4) is 0 Å². The molecule has 0 atom stereocenters. The molecule has 0 unspecified atom stereocenters. The van der Waals surface area contributed by atoms with E-state index in [0.717, 1.165) is 28.2 Å². The summed E-state index contributed by atoms with van der Waals surface area (Å²) in [6.45, 7) is 0. The number of rotatable bonds is 4. The number of hydrogen-bond acceptors (Lipinski definition) is 2. The third-order valence-electron chi connectivity index (χ3n) is 4.48. The maximum atomic E-state index is 9.01. The van der Waals surface area contributed by atoms with Gasteiger partial charge in [-0.25, -0.2) is 0 Å². The second-order valence-electron chi connectivity index (χ2n) is 6.25. The molecular weight excluding hydrogens is 328 g/mol. The van der Waals surface area contributed by atoms with E-state index in [0.29, 0.717) is 5.56 Å². The van der Waals surface area contributed by atoms with Crippen molar-refractivity contribution < 1.29 is 0 Å². The van der Waals surface area contributed by atoms with Crippen molar-refractivity contribution in [2.45, 2.75) is 0 Å². The molecule has 0 saturated heterocycles. The van der Waals surface area contributed by atoms with Gasteiger partial charge in [0.05, 0.1) is 11.6 Å². The molecule has 0 radical (unpaired) electrons. The molecule has 0 aliphatic heterocycles. The van der Waals surface area contributed by atoms with E-state index in [9.17, 15) is 0 Å². The van der Waals surface area contributed by atoms with Crippen LogP contribution in [0.5, 0.6) is 0 Å². The van der Waals surface area contributed by atoms with Crippen molar-refractivity contribution in [3.8, 4) is 17.2 Å². The van der Waals surface area contributed by atoms with Crippen molar-refractivity contribution in [2.24, 2.45) is 0 Å². The summed E-state index contributed by atoms with van der Waals surface area (Å²) in [5.41, 5.74) is 6.20. The van der Waals surface area contributed by atoms with Gasteiger partial charge in [0, 0.05) is 17.1 Å². The normalized spacial score (nSPS) is 10.2. The molecule has 128 valence electrons. The van der Waals surface area contributed by atoms with Gasteiger partial charge in [-0.05, 0) is 59.7 Å². The van der Waals surface area contributed by atoms with E-state index in [4.69, 9.17) is 5.26 Å². The molecule has 4 rings (SSSR count). The van der Waals surface area contributed by atoms with Gasteiger partial charge < -0.3 is 4.90 Å². The lowest BCUT2D eigenvalue weighted by molar-refractivity contribution is 1.28. The Hall–Kier alpha value is -3.83. The quantitative estimate of drug-likeness (QED) is 0.411. The molecule has 27 heavy (non-hydrogen) atoms. The zero-order valence-corrected chi connectivity index (χ0v) is 14.8. The molecule has 0 spiro atoms. The number of benzene rings is 4. The maximum absolute atomic E-state index is 9.01. The van der Waals surface area contributed by atoms with E-state index in [1.807, 2.05) is 36.4 Å². The Labute approximate surface area is 159 Å². The van der Waals surface area contributed by atoms with Gasteiger partial charge in [-0.15, -0.1) is 0 Å². The van der Waals surface area contributed by atoms with Gasteiger partial charge in [-0.1, -0.05) is 60.7 Å². The summed E-state index contributed by atoms with van der Waals surface area (Å²) in [7, 11) is 0. The number of para-hydroxylation sites is 2. The van der Waals surface area contributed by atoms with E-state index >= 15 is 0 Å². The molecule has 2 nitrogen and oxygen atoms in total. The van der Waals surface area contributed by atoms with Gasteiger partial charge >= 0.3 is 0 Å². The molecule has 0 aromatic heterocycles. The van der Waals surface area contributed by atoms with Crippen LogP contribution in [0.2, 0.25) is 0 Å². The van der Waals surface area contributed by atoms with Crippen LogP contribution in [0.4, 0.5) is 17.1 Å². The van der Waals surface area contributed by atoms with Crippen LogP contribution in [0, 0.1) is 11.3 Å². The lowest BCUT2D eigenvalue weighted by atomic mass is 10.0. The molecule has 0 amide bonds. The molecule has 0 aliphatic carbocycles. The fourth-order valence-corrected chi connectivity index (χ4v) is 3.16. The van der Waals surface area contributed by atoms with Crippen LogP contribution in [0.25, 0.3) is 11.1 Å². The zero-order valence-electron chi connectivity index (χ0n) is 14.8. The second-order valence-corrected chi connectivity index (χ2v) is 6.25. The van der Waals surface area contributed by atoms with Gasteiger partial charge in [-0.2, -0.15) is 5.26 Å². The molecule has 2 heteroatoms. The summed E-state index contributed by atoms with van der Waals surface area (Å²) >= 11 is 0. The Morgan fingerprint density at radius 3 is 1.63 bits per heavy atom. The lowest BCUT2D eigenvalue weighted by Crippen LogP contribution is -2.09. The fraction of sp³-hybridized carbons (Fsp3) is 0. The van der Waals surface area contributed by atoms with E-state index in [2.05, 4.69) is 83.8 Å². The maximum Gasteiger partial charge on any atom is 0.0991 e. The molecule has 0 saturated carbocycles. The Balaban J connectivity index is 1.80. The summed E-state index contributed by atoms with van der Waals surface area (Å²) in [6, 6.07) is 39.0. The molecule has 0 fully saturated rings. The lowest BCUT2D eigenvalue weighted by Gasteiger charge is -2.25. The van der Waals surface area contributed by atoms with Gasteiger partial charge in [0.2, 0.25) is 0 Å². The first-order valence-electron chi connectivity index (χ1n) is 8.86. The first-order chi connectivity index (χ1) is 13.3. The van der Waals surface area contributed by atoms with Crippen LogP contribution in [0.1, 0.15) is 5.56 Å². The first-order valence-corrected chi connectivity index (χ1v) is 8.86. The summed E-state index contributed by atoms with van der Waals surface area (Å²) < 4.78 is 0. The third kappa shape index (κ3) is 3.58. The zero-order chi connectivity index (χ0) is 18.5. The van der Waals surface area contributed by atoms with Crippen molar-refractivity contribution in [3.05, 3.63) is 115 Å². The molecule has 0 N–H and O–H groups in total. The fourth-order valence-electron chi connectivity index (χ4n) is 3.16. The minimum absolute atomic E-state index is 0.671. The predicted octanol–water partition coefficient (Wildman–Crippen LogP) is 6.70. The van der Waals surface area contributed by atoms with Gasteiger partial charge in [-0.3, -0.25) is 0 Å². The minimum Gasteiger partial charge on any atom is -0.310 e. The minimum atomic E-state index is 0.671. The standard InChI is InChI=1S/C25H18N2/c26-19-20-14-16-21(17-15-20)22-8-7-13-25(18-22)27(23-9-3-1-4-10-23)24-11-5-2-6-12-24/h1-18H. The highest BCUT2D eigenvalue weighted by molar-refractivity contribution is 5.79. The van der Waals surface area contributed by atoms with Crippen LogP contribution in [-0.4, -0.2) is 0 Å². The van der Waals surface area contributed by atoms with Crippen molar-refractivity contribution in [3.63, 3.8) is 0 Å². The number of hydrogen-bond donors (Lipinski definition) is 0. The SMILES string of the molecule is N#Cc1ccc(-c2cccc(N(c3ccccc3)c3ccccc3)c2)cc1. The average Bonchev–Trinajstić information content (AvgIpc) is 2.76. The van der Waals surface area contributed by atoms with E-state index in [-0.39, 0.29) is 0 Å². The first kappa shape index (κ1) is 16.6. The van der Waals surface area contributed by atoms with Crippen molar-refractivity contribution in [2.75, 3.05) is 4.90 Å². The van der Waals surface area contributed by atoms with Gasteiger partial charge in [0.25, 0.3) is 0 Å². The number of anilines is 3. The summed E-state index contributed by atoms with van der Waals surface area (Å²) in [5.74, 6) is 0. The summed E-state index contributed by atoms with van der Waals surface area (Å²) in [6.07, 6.45) is 0. The van der Waals surface area contributed by atoms with Crippen molar-refractivity contribution in [1.82, 2.24) is 0 Å².